The number of carboxylic acid groups (broad SMARTS) is 1. The highest BCUT2D eigenvalue weighted by Gasteiger charge is 2.34. The molecule has 1 aliphatic carbocycles. The monoisotopic (exact) mass is 305 g/mol. The van der Waals surface area contributed by atoms with Crippen LogP contribution in [0.5, 0.6) is 5.75 Å². The average molecular weight is 305 g/mol. The number of amides is 1. The van der Waals surface area contributed by atoms with Crippen LogP contribution < -0.4 is 9.84 Å². The van der Waals surface area contributed by atoms with Crippen molar-refractivity contribution in [2.75, 3.05) is 33.3 Å². The van der Waals surface area contributed by atoms with Gasteiger partial charge in [-0.15, -0.1) is 0 Å². The highest BCUT2D eigenvalue weighted by atomic mass is 16.5. The van der Waals surface area contributed by atoms with Crippen LogP contribution >= 0.6 is 0 Å². The first kappa shape index (κ1) is 15.1. The van der Waals surface area contributed by atoms with E-state index < -0.39 is 12.2 Å². The minimum Gasteiger partial charge on any atom is -0.530 e. The van der Waals surface area contributed by atoms with Crippen LogP contribution in [-0.4, -0.2) is 60.4 Å². The zero-order chi connectivity index (χ0) is 15.7. The Kier molecular flexibility index (Phi) is 4.22. The fourth-order valence-corrected chi connectivity index (χ4v) is 3.51. The number of ether oxygens (including phenoxy) is 1. The summed E-state index contributed by atoms with van der Waals surface area (Å²) in [6, 6.07) is 5.90. The number of carbonyl (C=O) groups excluding carboxylic acids is 1. The lowest BCUT2D eigenvalue weighted by atomic mass is 9.84. The molecule has 1 fully saturated rings. The van der Waals surface area contributed by atoms with Crippen molar-refractivity contribution in [1.82, 2.24) is 9.80 Å². The number of piperazine rings is 1. The number of nitrogens with zero attached hydrogens (tertiary/aromatic N) is 2. The molecule has 1 aliphatic heterocycles. The third-order valence-corrected chi connectivity index (χ3v) is 4.71. The molecule has 3 rings (SSSR count). The van der Waals surface area contributed by atoms with E-state index in [1.807, 2.05) is 18.2 Å². The van der Waals surface area contributed by atoms with Crippen LogP contribution in [-0.2, 0) is 6.42 Å². The molecular weight excluding hydrogens is 284 g/mol. The molecule has 22 heavy (non-hydrogen) atoms. The molecule has 120 valence electrons. The van der Waals surface area contributed by atoms with Crippen molar-refractivity contribution in [2.24, 2.45) is 0 Å². The predicted octanol–water partition coefficient (Wildman–Crippen LogP) is 0.00430. The maximum absolute atomic E-state index is 10.9. The molecule has 2 unspecified atom stereocenters. The Morgan fingerprint density at radius 3 is 2.68 bits per heavy atom. The quantitative estimate of drug-likeness (QED) is 0.832. The average Bonchev–Trinajstić information content (AvgIpc) is 2.54. The second-order valence-electron chi connectivity index (χ2n) is 5.90. The lowest BCUT2D eigenvalue weighted by molar-refractivity contribution is -0.267. The Morgan fingerprint density at radius 2 is 2.05 bits per heavy atom. The third-order valence-electron chi connectivity index (χ3n) is 4.71. The van der Waals surface area contributed by atoms with Gasteiger partial charge in [-0.25, -0.2) is 0 Å². The first-order chi connectivity index (χ1) is 10.6. The molecule has 1 amide bonds. The van der Waals surface area contributed by atoms with Crippen molar-refractivity contribution < 1.29 is 19.7 Å². The maximum Gasteiger partial charge on any atom is 0.137 e. The first-order valence-corrected chi connectivity index (χ1v) is 7.65. The van der Waals surface area contributed by atoms with Gasteiger partial charge in [0.25, 0.3) is 0 Å². The zero-order valence-corrected chi connectivity index (χ0v) is 12.7. The number of methoxy groups -OCH3 is 1. The van der Waals surface area contributed by atoms with Crippen molar-refractivity contribution in [3.8, 4) is 5.75 Å². The van der Waals surface area contributed by atoms with Gasteiger partial charge < -0.3 is 24.6 Å². The fourth-order valence-electron chi connectivity index (χ4n) is 3.51. The van der Waals surface area contributed by atoms with E-state index in [9.17, 15) is 15.0 Å². The lowest BCUT2D eigenvalue weighted by Gasteiger charge is -2.44. The second kappa shape index (κ2) is 6.14. The van der Waals surface area contributed by atoms with Crippen LogP contribution in [0, 0.1) is 0 Å². The molecule has 1 N–H and O–H groups in total. The van der Waals surface area contributed by atoms with Crippen molar-refractivity contribution >= 4 is 6.09 Å². The number of aryl methyl sites for hydroxylation is 1. The summed E-state index contributed by atoms with van der Waals surface area (Å²) in [5, 5.41) is 21.4. The Bertz CT molecular complexity index is 555. The smallest absolute Gasteiger partial charge is 0.137 e. The van der Waals surface area contributed by atoms with Gasteiger partial charge in [-0.1, -0.05) is 6.07 Å². The SMILES string of the molecule is COc1ccc2c(c1)CCC(O)C2N1CCN(C(=O)[O-])CC1. The van der Waals surface area contributed by atoms with E-state index in [-0.39, 0.29) is 6.04 Å². The summed E-state index contributed by atoms with van der Waals surface area (Å²) in [7, 11) is 1.65. The summed E-state index contributed by atoms with van der Waals surface area (Å²) in [6.45, 7) is 2.08. The molecule has 1 saturated heterocycles. The van der Waals surface area contributed by atoms with Crippen molar-refractivity contribution in [2.45, 2.75) is 25.0 Å². The van der Waals surface area contributed by atoms with Crippen LogP contribution in [0.3, 0.4) is 0 Å². The predicted molar refractivity (Wildman–Crippen MR) is 78.6 cm³/mol. The van der Waals surface area contributed by atoms with Crippen LogP contribution in [0.1, 0.15) is 23.6 Å². The molecule has 2 aliphatic rings. The van der Waals surface area contributed by atoms with E-state index in [0.717, 1.165) is 17.7 Å². The number of hydrogen-bond acceptors (Lipinski definition) is 5. The third kappa shape index (κ3) is 2.76. The van der Waals surface area contributed by atoms with Crippen molar-refractivity contribution in [1.29, 1.82) is 0 Å². The Morgan fingerprint density at radius 1 is 1.32 bits per heavy atom. The second-order valence-corrected chi connectivity index (χ2v) is 5.90. The molecule has 6 heteroatoms. The maximum atomic E-state index is 10.9. The number of rotatable bonds is 2. The molecule has 0 saturated carbocycles. The van der Waals surface area contributed by atoms with Gasteiger partial charge in [0, 0.05) is 26.2 Å². The summed E-state index contributed by atoms with van der Waals surface area (Å²) >= 11 is 0. The van der Waals surface area contributed by atoms with E-state index >= 15 is 0 Å². The highest BCUT2D eigenvalue weighted by Crippen LogP contribution is 2.36. The molecule has 0 bridgehead atoms. The normalized spacial score (nSPS) is 25.6. The largest absolute Gasteiger partial charge is 0.530 e. The van der Waals surface area contributed by atoms with Gasteiger partial charge in [-0.05, 0) is 36.1 Å². The van der Waals surface area contributed by atoms with E-state index in [2.05, 4.69) is 4.90 Å². The van der Waals surface area contributed by atoms with Crippen LogP contribution in [0.15, 0.2) is 18.2 Å². The van der Waals surface area contributed by atoms with Crippen LogP contribution in [0.2, 0.25) is 0 Å². The molecule has 1 aromatic carbocycles. The Hall–Kier alpha value is -1.79. The number of hydrogen-bond donors (Lipinski definition) is 1. The first-order valence-electron chi connectivity index (χ1n) is 7.65. The lowest BCUT2D eigenvalue weighted by Crippen LogP contribution is -2.55. The van der Waals surface area contributed by atoms with E-state index in [1.54, 1.807) is 7.11 Å². The zero-order valence-electron chi connectivity index (χ0n) is 12.7. The van der Waals surface area contributed by atoms with Gasteiger partial charge in [0.15, 0.2) is 0 Å². The molecule has 0 spiro atoms. The Balaban J connectivity index is 1.81. The summed E-state index contributed by atoms with van der Waals surface area (Å²) in [6.07, 6.45) is 0.0127. The molecular formula is C16H21N2O4-. The number of benzene rings is 1. The Labute approximate surface area is 129 Å². The summed E-state index contributed by atoms with van der Waals surface area (Å²) in [5.74, 6) is 0.829. The van der Waals surface area contributed by atoms with E-state index in [1.165, 1.54) is 10.5 Å². The molecule has 0 aromatic heterocycles. The summed E-state index contributed by atoms with van der Waals surface area (Å²) in [4.78, 5) is 14.4. The highest BCUT2D eigenvalue weighted by molar-refractivity contribution is 5.62. The van der Waals surface area contributed by atoms with Gasteiger partial charge in [0.05, 0.1) is 19.3 Å². The number of carbonyl (C=O) groups is 1. The van der Waals surface area contributed by atoms with Gasteiger partial charge in [0.1, 0.15) is 11.8 Å². The number of fused-ring (bicyclic) bond motifs is 1. The van der Waals surface area contributed by atoms with Gasteiger partial charge in [0.2, 0.25) is 0 Å². The van der Waals surface area contributed by atoms with Crippen LogP contribution in [0.4, 0.5) is 4.79 Å². The molecule has 1 heterocycles. The van der Waals surface area contributed by atoms with E-state index in [0.29, 0.717) is 32.6 Å². The number of aliphatic hydroxyl groups is 1. The molecule has 1 aromatic rings. The summed E-state index contributed by atoms with van der Waals surface area (Å²) in [5.41, 5.74) is 2.33. The van der Waals surface area contributed by atoms with Crippen molar-refractivity contribution in [3.63, 3.8) is 0 Å². The minimum absolute atomic E-state index is 0.0708. The molecule has 6 nitrogen and oxygen atoms in total. The van der Waals surface area contributed by atoms with Gasteiger partial charge in [-0.3, -0.25) is 4.90 Å². The fraction of sp³-hybridized carbons (Fsp3) is 0.562. The van der Waals surface area contributed by atoms with Gasteiger partial charge in [-0.2, -0.15) is 0 Å². The topological polar surface area (TPSA) is 76.1 Å². The molecule has 0 radical (unpaired) electrons. The molecule has 2 atom stereocenters. The van der Waals surface area contributed by atoms with Crippen molar-refractivity contribution in [3.05, 3.63) is 29.3 Å². The minimum atomic E-state index is -1.12. The van der Waals surface area contributed by atoms with E-state index in [4.69, 9.17) is 4.74 Å². The van der Waals surface area contributed by atoms with Gasteiger partial charge >= 0.3 is 0 Å². The summed E-state index contributed by atoms with van der Waals surface area (Å²) < 4.78 is 5.27. The van der Waals surface area contributed by atoms with Crippen LogP contribution in [0.25, 0.3) is 0 Å². The standard InChI is InChI=1S/C16H22N2O4/c1-22-12-3-4-13-11(10-12)2-5-14(19)15(13)17-6-8-18(9-7-17)16(20)21/h3-4,10,14-15,19H,2,5-9H2,1H3,(H,20,21)/p-1. The number of aliphatic hydroxyl groups excluding tert-OH is 1.